The topological polar surface area (TPSA) is 92.0 Å². The number of fused-ring (bicyclic) bond motifs is 2. The Labute approximate surface area is 109 Å². The van der Waals surface area contributed by atoms with Gasteiger partial charge in [-0.05, 0) is 19.3 Å². The highest BCUT2D eigenvalue weighted by Gasteiger charge is 2.43. The molecule has 4 heterocycles. The maximum Gasteiger partial charge on any atom is 0.248 e. The molecule has 0 aromatic carbocycles. The molecule has 7 heteroatoms. The Morgan fingerprint density at radius 2 is 2.37 bits per heavy atom. The first kappa shape index (κ1) is 11.0. The van der Waals surface area contributed by atoms with Crippen molar-refractivity contribution < 1.29 is 9.26 Å². The van der Waals surface area contributed by atoms with E-state index in [1.54, 1.807) is 17.1 Å². The lowest BCUT2D eigenvalue weighted by atomic mass is 9.89. The Hall–Kier alpha value is -1.89. The van der Waals surface area contributed by atoms with Crippen molar-refractivity contribution in [3.05, 3.63) is 24.1 Å². The molecule has 2 bridgehead atoms. The van der Waals surface area contributed by atoms with Crippen LogP contribution in [0.3, 0.4) is 0 Å². The molecule has 2 aliphatic heterocycles. The van der Waals surface area contributed by atoms with Gasteiger partial charge in [0.25, 0.3) is 0 Å². The van der Waals surface area contributed by atoms with Crippen LogP contribution in [0, 0.1) is 0 Å². The number of anilines is 1. The van der Waals surface area contributed by atoms with Gasteiger partial charge in [0, 0.05) is 6.20 Å². The zero-order chi connectivity index (χ0) is 12.8. The average Bonchev–Trinajstić information content (AvgIpc) is 3.13. The number of rotatable bonds is 3. The number of nitrogens with two attached hydrogens (primary N) is 1. The van der Waals surface area contributed by atoms with Gasteiger partial charge in [-0.1, -0.05) is 5.16 Å². The van der Waals surface area contributed by atoms with E-state index in [1.807, 2.05) is 0 Å². The van der Waals surface area contributed by atoms with Gasteiger partial charge >= 0.3 is 0 Å². The summed E-state index contributed by atoms with van der Waals surface area (Å²) < 4.78 is 12.8. The third kappa shape index (κ3) is 1.90. The summed E-state index contributed by atoms with van der Waals surface area (Å²) in [5, 5.41) is 8.18. The molecule has 2 aliphatic rings. The van der Waals surface area contributed by atoms with Crippen molar-refractivity contribution in [1.29, 1.82) is 0 Å². The third-order valence-electron chi connectivity index (χ3n) is 3.87. The van der Waals surface area contributed by atoms with Crippen LogP contribution < -0.4 is 5.73 Å². The van der Waals surface area contributed by atoms with Gasteiger partial charge < -0.3 is 15.0 Å². The summed E-state index contributed by atoms with van der Waals surface area (Å²) in [5.41, 5.74) is 6.24. The molecule has 3 atom stereocenters. The number of nitrogen functional groups attached to an aromatic ring is 1. The van der Waals surface area contributed by atoms with Gasteiger partial charge in [0.1, 0.15) is 6.54 Å². The molecular weight excluding hydrogens is 246 g/mol. The fourth-order valence-electron chi connectivity index (χ4n) is 3.00. The zero-order valence-corrected chi connectivity index (χ0v) is 10.4. The van der Waals surface area contributed by atoms with Crippen LogP contribution >= 0.6 is 0 Å². The van der Waals surface area contributed by atoms with Gasteiger partial charge in [0.2, 0.25) is 5.89 Å². The normalized spacial score (nSPS) is 29.2. The highest BCUT2D eigenvalue weighted by molar-refractivity contribution is 5.30. The van der Waals surface area contributed by atoms with Crippen LogP contribution in [0.1, 0.15) is 36.9 Å². The molecule has 0 spiro atoms. The van der Waals surface area contributed by atoms with Crippen LogP contribution in [0.2, 0.25) is 0 Å². The quantitative estimate of drug-likeness (QED) is 0.883. The number of hydrogen-bond acceptors (Lipinski definition) is 6. The van der Waals surface area contributed by atoms with Crippen LogP contribution in [0.5, 0.6) is 0 Å². The lowest BCUT2D eigenvalue weighted by Gasteiger charge is -2.13. The number of ether oxygens (including phenoxy) is 1. The Morgan fingerprint density at radius 3 is 3.05 bits per heavy atom. The molecule has 4 rings (SSSR count). The zero-order valence-electron chi connectivity index (χ0n) is 10.4. The Balaban J connectivity index is 1.50. The predicted octanol–water partition coefficient (Wildman–Crippen LogP) is 0.931. The summed E-state index contributed by atoms with van der Waals surface area (Å²) in [6.07, 6.45) is 7.29. The van der Waals surface area contributed by atoms with E-state index in [4.69, 9.17) is 15.0 Å². The minimum atomic E-state index is 0.274. The summed E-state index contributed by atoms with van der Waals surface area (Å²) in [6.45, 7) is 0.450. The van der Waals surface area contributed by atoms with E-state index < -0.39 is 0 Å². The smallest absolute Gasteiger partial charge is 0.248 e. The van der Waals surface area contributed by atoms with Crippen molar-refractivity contribution in [3.8, 4) is 0 Å². The van der Waals surface area contributed by atoms with Gasteiger partial charge in [0.05, 0.1) is 30.0 Å². The largest absolute Gasteiger partial charge is 0.396 e. The molecular formula is C12H15N5O2. The second-order valence-electron chi connectivity index (χ2n) is 5.23. The molecule has 7 nitrogen and oxygen atoms in total. The Kier molecular flexibility index (Phi) is 2.34. The highest BCUT2D eigenvalue weighted by atomic mass is 16.5. The van der Waals surface area contributed by atoms with Crippen molar-refractivity contribution >= 4 is 5.69 Å². The van der Waals surface area contributed by atoms with E-state index in [-0.39, 0.29) is 6.10 Å². The standard InChI is InChI=1S/C12H15N5O2/c13-7-4-14-17(5-7)6-11-15-12(16-19-11)9-3-8-1-2-10(9)18-8/h4-5,8-10H,1-3,6,13H2. The Morgan fingerprint density at radius 1 is 1.42 bits per heavy atom. The highest BCUT2D eigenvalue weighted by Crippen LogP contribution is 2.43. The molecule has 3 unspecified atom stereocenters. The van der Waals surface area contributed by atoms with Crippen LogP contribution in [0.25, 0.3) is 0 Å². The minimum absolute atomic E-state index is 0.274. The maximum absolute atomic E-state index is 5.81. The lowest BCUT2D eigenvalue weighted by Crippen LogP contribution is -2.15. The molecule has 0 amide bonds. The monoisotopic (exact) mass is 261 g/mol. The van der Waals surface area contributed by atoms with E-state index >= 15 is 0 Å². The van der Waals surface area contributed by atoms with Crippen molar-refractivity contribution in [2.24, 2.45) is 0 Å². The summed E-state index contributed by atoms with van der Waals surface area (Å²) in [5.74, 6) is 1.61. The second kappa shape index (κ2) is 4.06. The minimum Gasteiger partial charge on any atom is -0.396 e. The van der Waals surface area contributed by atoms with E-state index in [2.05, 4.69) is 15.2 Å². The summed E-state index contributed by atoms with van der Waals surface area (Å²) in [4.78, 5) is 4.46. The first-order valence-electron chi connectivity index (χ1n) is 6.54. The molecule has 0 saturated carbocycles. The van der Waals surface area contributed by atoms with Crippen LogP contribution in [-0.2, 0) is 11.3 Å². The maximum atomic E-state index is 5.81. The first-order chi connectivity index (χ1) is 9.28. The van der Waals surface area contributed by atoms with Crippen LogP contribution in [0.15, 0.2) is 16.9 Å². The number of aromatic nitrogens is 4. The van der Waals surface area contributed by atoms with Crippen molar-refractivity contribution in [2.75, 3.05) is 5.73 Å². The molecule has 2 aromatic rings. The summed E-state index contributed by atoms with van der Waals surface area (Å²) >= 11 is 0. The van der Waals surface area contributed by atoms with Crippen molar-refractivity contribution in [3.63, 3.8) is 0 Å². The van der Waals surface area contributed by atoms with Crippen molar-refractivity contribution in [1.82, 2.24) is 19.9 Å². The number of nitrogens with zero attached hydrogens (tertiary/aromatic N) is 4. The fourth-order valence-corrected chi connectivity index (χ4v) is 3.00. The van der Waals surface area contributed by atoms with Gasteiger partial charge in [-0.3, -0.25) is 4.68 Å². The van der Waals surface area contributed by atoms with Crippen LogP contribution in [-0.4, -0.2) is 32.1 Å². The molecule has 2 N–H and O–H groups in total. The van der Waals surface area contributed by atoms with E-state index in [0.29, 0.717) is 30.1 Å². The fraction of sp³-hybridized carbons (Fsp3) is 0.583. The third-order valence-corrected chi connectivity index (χ3v) is 3.87. The predicted molar refractivity (Wildman–Crippen MR) is 65.3 cm³/mol. The van der Waals surface area contributed by atoms with Gasteiger partial charge in [-0.2, -0.15) is 10.1 Å². The van der Waals surface area contributed by atoms with E-state index in [0.717, 1.165) is 18.7 Å². The van der Waals surface area contributed by atoms with Gasteiger partial charge in [0.15, 0.2) is 5.82 Å². The van der Waals surface area contributed by atoms with E-state index in [9.17, 15) is 0 Å². The molecule has 0 radical (unpaired) electrons. The van der Waals surface area contributed by atoms with E-state index in [1.165, 1.54) is 6.42 Å². The average molecular weight is 261 g/mol. The van der Waals surface area contributed by atoms with Crippen molar-refractivity contribution in [2.45, 2.75) is 43.9 Å². The van der Waals surface area contributed by atoms with Crippen LogP contribution in [0.4, 0.5) is 5.69 Å². The first-order valence-corrected chi connectivity index (χ1v) is 6.54. The number of hydrogen-bond donors (Lipinski definition) is 1. The Bertz CT molecular complexity index is 592. The molecule has 2 saturated heterocycles. The van der Waals surface area contributed by atoms with Gasteiger partial charge in [-0.25, -0.2) is 0 Å². The molecule has 2 aromatic heterocycles. The molecule has 19 heavy (non-hydrogen) atoms. The summed E-state index contributed by atoms with van der Waals surface area (Å²) in [6, 6.07) is 0. The SMILES string of the molecule is Nc1cnn(Cc2nc(C3CC4CCC3O4)no2)c1. The molecule has 2 fully saturated rings. The lowest BCUT2D eigenvalue weighted by molar-refractivity contribution is 0.0996. The van der Waals surface area contributed by atoms with Gasteiger partial charge in [-0.15, -0.1) is 0 Å². The second-order valence-corrected chi connectivity index (χ2v) is 5.23. The molecule has 0 aliphatic carbocycles. The molecule has 100 valence electrons. The summed E-state index contributed by atoms with van der Waals surface area (Å²) in [7, 11) is 0.